The van der Waals surface area contributed by atoms with E-state index in [9.17, 15) is 14.3 Å². The van der Waals surface area contributed by atoms with Crippen LogP contribution in [0.1, 0.15) is 142 Å². The van der Waals surface area contributed by atoms with Crippen molar-refractivity contribution < 1.29 is 37.3 Å². The van der Waals surface area contributed by atoms with Gasteiger partial charge in [0.1, 0.15) is 19.3 Å². The summed E-state index contributed by atoms with van der Waals surface area (Å²) in [7, 11) is 1.66. The number of carbonyl (C=O) groups is 1. The molecule has 0 spiro atoms. The summed E-state index contributed by atoms with van der Waals surface area (Å²) in [4.78, 5) is 22.7. The highest BCUT2D eigenvalue weighted by molar-refractivity contribution is 7.47. The summed E-state index contributed by atoms with van der Waals surface area (Å²) < 4.78 is 34.7. The molecule has 1 N–H and O–H groups in total. The summed E-state index contributed by atoms with van der Waals surface area (Å²) >= 11 is 0. The number of rotatable bonds is 33. The lowest BCUT2D eigenvalue weighted by Crippen LogP contribution is -2.37. The third-order valence-electron chi connectivity index (χ3n) is 7.50. The molecule has 2 unspecified atom stereocenters. The molecule has 266 valence electrons. The molecule has 9 heteroatoms. The van der Waals surface area contributed by atoms with Crippen LogP contribution in [0.5, 0.6) is 0 Å². The highest BCUT2D eigenvalue weighted by Gasteiger charge is 2.26. The van der Waals surface area contributed by atoms with Crippen molar-refractivity contribution in [2.45, 2.75) is 148 Å². The number of allylic oxidation sites excluding steroid dienone is 4. The number of unbranched alkanes of at least 4 members (excludes halogenated alkanes) is 15. The zero-order chi connectivity index (χ0) is 33.5. The Hall–Kier alpha value is -1.02. The quantitative estimate of drug-likeness (QED) is 0.0246. The van der Waals surface area contributed by atoms with E-state index in [-0.39, 0.29) is 25.8 Å². The van der Waals surface area contributed by atoms with Crippen molar-refractivity contribution in [2.24, 2.45) is 0 Å². The predicted octanol–water partition coefficient (Wildman–Crippen LogP) is 9.71. The van der Waals surface area contributed by atoms with Crippen molar-refractivity contribution >= 4 is 13.8 Å². The van der Waals surface area contributed by atoms with Crippen LogP contribution in [0.3, 0.4) is 0 Å². The SMILES string of the molecule is CCC/C=C\C/C=C\CCCCCCCC(=O)OC(COCCCCCCCCCCCC)COP(=O)(O)OCC[N+](C)(C)C. The maximum absolute atomic E-state index is 12.6. The minimum absolute atomic E-state index is 0.0870. The van der Waals surface area contributed by atoms with Crippen LogP contribution in [0.2, 0.25) is 0 Å². The molecule has 0 aromatic heterocycles. The monoisotopic (exact) mass is 660 g/mol. The molecule has 0 saturated heterocycles. The first-order valence-corrected chi connectivity index (χ1v) is 19.6. The highest BCUT2D eigenvalue weighted by atomic mass is 31.2. The third-order valence-corrected chi connectivity index (χ3v) is 8.48. The number of carbonyl (C=O) groups excluding carboxylic acids is 1. The second-order valence-electron chi connectivity index (χ2n) is 13.3. The van der Waals surface area contributed by atoms with Gasteiger partial charge in [0.15, 0.2) is 0 Å². The second kappa shape index (κ2) is 30.3. The van der Waals surface area contributed by atoms with E-state index in [2.05, 4.69) is 38.2 Å². The molecule has 0 saturated carbocycles. The van der Waals surface area contributed by atoms with E-state index in [4.69, 9.17) is 18.5 Å². The van der Waals surface area contributed by atoms with E-state index in [0.29, 0.717) is 24.1 Å². The lowest BCUT2D eigenvalue weighted by atomic mass is 10.1. The van der Waals surface area contributed by atoms with Gasteiger partial charge in [-0.05, 0) is 38.5 Å². The first kappa shape index (κ1) is 44.0. The predicted molar refractivity (Wildman–Crippen MR) is 187 cm³/mol. The lowest BCUT2D eigenvalue weighted by molar-refractivity contribution is -0.870. The molecule has 0 aromatic carbocycles. The van der Waals surface area contributed by atoms with Gasteiger partial charge in [-0.25, -0.2) is 4.57 Å². The summed E-state index contributed by atoms with van der Waals surface area (Å²) in [5, 5.41) is 0. The van der Waals surface area contributed by atoms with Gasteiger partial charge >= 0.3 is 13.8 Å². The van der Waals surface area contributed by atoms with Crippen LogP contribution in [-0.4, -0.2) is 75.6 Å². The van der Waals surface area contributed by atoms with Gasteiger partial charge in [0.05, 0.1) is 34.4 Å². The van der Waals surface area contributed by atoms with Crippen LogP contribution in [0.25, 0.3) is 0 Å². The first-order chi connectivity index (χ1) is 21.6. The summed E-state index contributed by atoms with van der Waals surface area (Å²) in [5.74, 6) is -0.330. The largest absolute Gasteiger partial charge is 0.472 e. The molecule has 0 amide bonds. The Morgan fingerprint density at radius 3 is 1.89 bits per heavy atom. The number of hydrogen-bond donors (Lipinski definition) is 1. The Kier molecular flexibility index (Phi) is 29.6. The fourth-order valence-corrected chi connectivity index (χ4v) is 5.39. The number of nitrogens with zero attached hydrogens (tertiary/aromatic N) is 1. The van der Waals surface area contributed by atoms with Gasteiger partial charge in [-0.1, -0.05) is 122 Å². The minimum atomic E-state index is -4.26. The average molecular weight is 661 g/mol. The number of esters is 1. The zero-order valence-corrected chi connectivity index (χ0v) is 30.7. The summed E-state index contributed by atoms with van der Waals surface area (Å²) in [6.45, 7) is 5.52. The third kappa shape index (κ3) is 34.1. The molecule has 0 aliphatic carbocycles. The molecule has 0 aliphatic heterocycles. The van der Waals surface area contributed by atoms with Crippen molar-refractivity contribution in [1.82, 2.24) is 0 Å². The van der Waals surface area contributed by atoms with E-state index in [1.165, 1.54) is 57.8 Å². The van der Waals surface area contributed by atoms with E-state index < -0.39 is 13.9 Å². The van der Waals surface area contributed by atoms with Crippen molar-refractivity contribution in [1.29, 1.82) is 0 Å². The van der Waals surface area contributed by atoms with Gasteiger partial charge < -0.3 is 18.9 Å². The Bertz CT molecular complexity index is 782. The van der Waals surface area contributed by atoms with Crippen LogP contribution in [0.15, 0.2) is 24.3 Å². The lowest BCUT2D eigenvalue weighted by Gasteiger charge is -2.24. The van der Waals surface area contributed by atoms with Crippen molar-refractivity contribution in [3.63, 3.8) is 0 Å². The van der Waals surface area contributed by atoms with Crippen LogP contribution in [0, 0.1) is 0 Å². The molecule has 0 aromatic rings. The highest BCUT2D eigenvalue weighted by Crippen LogP contribution is 2.43. The molecule has 0 rings (SSSR count). The Balaban J connectivity index is 4.35. The molecule has 0 radical (unpaired) electrons. The van der Waals surface area contributed by atoms with E-state index in [1.807, 2.05) is 21.1 Å². The van der Waals surface area contributed by atoms with Crippen molar-refractivity contribution in [2.75, 3.05) is 54.1 Å². The molecule has 45 heavy (non-hydrogen) atoms. The molecule has 0 fully saturated rings. The summed E-state index contributed by atoms with van der Waals surface area (Å²) in [6.07, 6.45) is 30.5. The fraction of sp³-hybridized carbons (Fsp3) is 0.861. The Morgan fingerprint density at radius 1 is 0.689 bits per heavy atom. The van der Waals surface area contributed by atoms with Crippen LogP contribution >= 0.6 is 7.82 Å². The van der Waals surface area contributed by atoms with Gasteiger partial charge in [0.2, 0.25) is 0 Å². The zero-order valence-electron chi connectivity index (χ0n) is 29.9. The van der Waals surface area contributed by atoms with E-state index in [0.717, 1.165) is 64.2 Å². The van der Waals surface area contributed by atoms with Gasteiger partial charge in [0.25, 0.3) is 0 Å². The number of likely N-dealkylation sites (N-methyl/N-ethyl adjacent to an activating group) is 1. The standard InChI is InChI=1S/C36H70NO7P/c1-6-8-10-12-14-16-18-19-20-21-23-25-27-29-36(38)44-35(34-43-45(39,40)42-32-30-37(3,4)5)33-41-31-28-26-24-22-17-15-13-11-9-7-2/h10,12,16,18,35H,6-9,11,13-15,17,19-34H2,1-5H3/p+1/b12-10-,18-16-. The second-order valence-corrected chi connectivity index (χ2v) is 14.7. The Morgan fingerprint density at radius 2 is 1.27 bits per heavy atom. The van der Waals surface area contributed by atoms with Gasteiger partial charge in [-0.3, -0.25) is 13.8 Å². The molecular weight excluding hydrogens is 589 g/mol. The van der Waals surface area contributed by atoms with Gasteiger partial charge in [-0.15, -0.1) is 0 Å². The number of ether oxygens (including phenoxy) is 2. The van der Waals surface area contributed by atoms with Crippen LogP contribution in [0.4, 0.5) is 0 Å². The molecule has 2 atom stereocenters. The van der Waals surface area contributed by atoms with E-state index >= 15 is 0 Å². The Labute approximate surface area is 277 Å². The molecule has 0 heterocycles. The minimum Gasteiger partial charge on any atom is -0.457 e. The number of hydrogen-bond acceptors (Lipinski definition) is 6. The first-order valence-electron chi connectivity index (χ1n) is 18.1. The number of phosphoric ester groups is 1. The van der Waals surface area contributed by atoms with Crippen molar-refractivity contribution in [3.8, 4) is 0 Å². The molecule has 8 nitrogen and oxygen atoms in total. The average Bonchev–Trinajstić information content (AvgIpc) is 2.98. The normalized spacial score (nSPS) is 14.4. The van der Waals surface area contributed by atoms with Crippen LogP contribution in [-0.2, 0) is 27.9 Å². The summed E-state index contributed by atoms with van der Waals surface area (Å²) in [5.41, 5.74) is 0. The molecule has 0 bridgehead atoms. The summed E-state index contributed by atoms with van der Waals surface area (Å²) in [6, 6.07) is 0. The van der Waals surface area contributed by atoms with Crippen molar-refractivity contribution in [3.05, 3.63) is 24.3 Å². The van der Waals surface area contributed by atoms with Gasteiger partial charge in [0, 0.05) is 13.0 Å². The number of phosphoric acid groups is 1. The topological polar surface area (TPSA) is 91.3 Å². The number of quaternary nitrogens is 1. The molecule has 0 aliphatic rings. The maximum atomic E-state index is 12.6. The molecular formula is C36H71NO7P+. The maximum Gasteiger partial charge on any atom is 0.472 e. The van der Waals surface area contributed by atoms with Gasteiger partial charge in [-0.2, -0.15) is 0 Å². The van der Waals surface area contributed by atoms with E-state index in [1.54, 1.807) is 0 Å². The van der Waals surface area contributed by atoms with Crippen LogP contribution < -0.4 is 0 Å². The fourth-order valence-electron chi connectivity index (χ4n) is 4.65. The smallest absolute Gasteiger partial charge is 0.457 e.